The predicted molar refractivity (Wildman–Crippen MR) is 121 cm³/mol. The summed E-state index contributed by atoms with van der Waals surface area (Å²) in [5.74, 6) is 0.431. The number of nitrogens with zero attached hydrogens (tertiary/aromatic N) is 3. The fourth-order valence-corrected chi connectivity index (χ4v) is 4.17. The lowest BCUT2D eigenvalue weighted by Gasteiger charge is -2.20. The van der Waals surface area contributed by atoms with E-state index < -0.39 is 6.10 Å². The van der Waals surface area contributed by atoms with Crippen molar-refractivity contribution in [3.63, 3.8) is 0 Å². The molecular formula is C23H23N5O2S. The van der Waals surface area contributed by atoms with Gasteiger partial charge in [0.15, 0.2) is 5.65 Å². The van der Waals surface area contributed by atoms with Gasteiger partial charge < -0.3 is 10.4 Å². The van der Waals surface area contributed by atoms with E-state index in [1.165, 1.54) is 6.33 Å². The van der Waals surface area contributed by atoms with Crippen LogP contribution in [-0.2, 0) is 5.75 Å². The monoisotopic (exact) mass is 433 g/mol. The highest BCUT2D eigenvalue weighted by Gasteiger charge is 2.18. The average Bonchev–Trinajstić information content (AvgIpc) is 3.31. The first-order valence-electron chi connectivity index (χ1n) is 9.99. The van der Waals surface area contributed by atoms with Crippen molar-refractivity contribution in [1.29, 1.82) is 0 Å². The fourth-order valence-electron chi connectivity index (χ4n) is 3.26. The molecule has 0 saturated heterocycles. The largest absolute Gasteiger partial charge is 0.388 e. The normalized spacial score (nSPS) is 13.1. The molecule has 4 rings (SSSR count). The average molecular weight is 434 g/mol. The Morgan fingerprint density at radius 2 is 2.00 bits per heavy atom. The van der Waals surface area contributed by atoms with Crippen LogP contribution in [0.4, 0.5) is 0 Å². The van der Waals surface area contributed by atoms with Crippen molar-refractivity contribution in [2.24, 2.45) is 5.92 Å². The molecule has 0 spiro atoms. The van der Waals surface area contributed by atoms with E-state index in [9.17, 15) is 9.90 Å². The van der Waals surface area contributed by atoms with Crippen molar-refractivity contribution >= 4 is 28.7 Å². The van der Waals surface area contributed by atoms with Crippen LogP contribution in [0.15, 0.2) is 72.1 Å². The van der Waals surface area contributed by atoms with Crippen molar-refractivity contribution in [3.8, 4) is 0 Å². The fraction of sp³-hybridized carbons (Fsp3) is 0.217. The molecule has 2 aromatic carbocycles. The number of aliphatic hydroxyl groups excluding tert-OH is 1. The molecule has 158 valence electrons. The zero-order chi connectivity index (χ0) is 21.6. The quantitative estimate of drug-likeness (QED) is 0.289. The standard InChI is InChI=1S/C23H23N5O2S/c1-15(11-24-22(30)17-7-3-2-4-8-17)20(29)18-9-5-6-16(10-18)13-31-23-19-12-27-28-21(19)25-14-26-23/h2-10,12,14-15,20,29H,11,13H2,1H3,(H,24,30)(H,25,26,27,28). The van der Waals surface area contributed by atoms with Gasteiger partial charge in [0.1, 0.15) is 11.4 Å². The van der Waals surface area contributed by atoms with Gasteiger partial charge in [0, 0.05) is 23.8 Å². The number of aromatic amines is 1. The molecule has 0 fully saturated rings. The van der Waals surface area contributed by atoms with E-state index in [0.717, 1.165) is 21.5 Å². The van der Waals surface area contributed by atoms with Gasteiger partial charge >= 0.3 is 0 Å². The lowest BCUT2D eigenvalue weighted by molar-refractivity contribution is 0.0896. The van der Waals surface area contributed by atoms with Crippen LogP contribution in [-0.4, -0.2) is 37.7 Å². The summed E-state index contributed by atoms with van der Waals surface area (Å²) in [5.41, 5.74) is 3.24. The topological polar surface area (TPSA) is 104 Å². The molecule has 0 saturated carbocycles. The Morgan fingerprint density at radius 1 is 1.16 bits per heavy atom. The summed E-state index contributed by atoms with van der Waals surface area (Å²) in [6, 6.07) is 17.0. The molecule has 0 aliphatic rings. The number of carbonyl (C=O) groups excluding carboxylic acids is 1. The van der Waals surface area contributed by atoms with Gasteiger partial charge in [0.25, 0.3) is 5.91 Å². The first-order chi connectivity index (χ1) is 15.1. The second kappa shape index (κ2) is 9.72. The predicted octanol–water partition coefficient (Wildman–Crippen LogP) is 3.74. The number of H-pyrrole nitrogens is 1. The summed E-state index contributed by atoms with van der Waals surface area (Å²) in [4.78, 5) is 20.7. The number of thioether (sulfide) groups is 1. The van der Waals surface area contributed by atoms with Crippen molar-refractivity contribution in [1.82, 2.24) is 25.5 Å². The van der Waals surface area contributed by atoms with Gasteiger partial charge in [-0.3, -0.25) is 9.89 Å². The Labute approximate surface area is 184 Å². The zero-order valence-electron chi connectivity index (χ0n) is 17.0. The van der Waals surface area contributed by atoms with E-state index in [1.807, 2.05) is 49.4 Å². The van der Waals surface area contributed by atoms with Gasteiger partial charge in [0.05, 0.1) is 17.7 Å². The molecule has 4 aromatic rings. The number of hydrogen-bond donors (Lipinski definition) is 3. The van der Waals surface area contributed by atoms with Crippen LogP contribution in [0.3, 0.4) is 0 Å². The maximum absolute atomic E-state index is 12.2. The van der Waals surface area contributed by atoms with Crippen molar-refractivity contribution in [2.45, 2.75) is 23.8 Å². The number of fused-ring (bicyclic) bond motifs is 1. The minimum Gasteiger partial charge on any atom is -0.388 e. The number of amides is 1. The summed E-state index contributed by atoms with van der Waals surface area (Å²) in [7, 11) is 0. The Kier molecular flexibility index (Phi) is 6.59. The van der Waals surface area contributed by atoms with Gasteiger partial charge in [-0.25, -0.2) is 9.97 Å². The van der Waals surface area contributed by atoms with E-state index in [0.29, 0.717) is 23.5 Å². The zero-order valence-corrected chi connectivity index (χ0v) is 17.8. The van der Waals surface area contributed by atoms with E-state index in [2.05, 4.69) is 25.5 Å². The Bertz CT molecular complexity index is 1160. The van der Waals surface area contributed by atoms with Crippen LogP contribution in [0.2, 0.25) is 0 Å². The third-order valence-electron chi connectivity index (χ3n) is 5.04. The minimum atomic E-state index is -0.680. The van der Waals surface area contributed by atoms with Crippen LogP contribution >= 0.6 is 11.8 Å². The van der Waals surface area contributed by atoms with Crippen molar-refractivity contribution < 1.29 is 9.90 Å². The molecule has 2 aromatic heterocycles. The third kappa shape index (κ3) is 5.10. The number of rotatable bonds is 8. The molecule has 8 heteroatoms. The summed E-state index contributed by atoms with van der Waals surface area (Å²) in [5, 5.41) is 22.3. The number of carbonyl (C=O) groups is 1. The second-order valence-corrected chi connectivity index (χ2v) is 8.31. The number of aliphatic hydroxyl groups is 1. The van der Waals surface area contributed by atoms with Crippen LogP contribution in [0.25, 0.3) is 11.0 Å². The molecule has 1 amide bonds. The highest BCUT2D eigenvalue weighted by Crippen LogP contribution is 2.28. The van der Waals surface area contributed by atoms with E-state index >= 15 is 0 Å². The first-order valence-corrected chi connectivity index (χ1v) is 11.0. The summed E-state index contributed by atoms with van der Waals surface area (Å²) in [6.45, 7) is 2.31. The van der Waals surface area contributed by atoms with E-state index in [1.54, 1.807) is 30.1 Å². The first kappa shape index (κ1) is 21.0. The minimum absolute atomic E-state index is 0.136. The highest BCUT2D eigenvalue weighted by atomic mass is 32.2. The van der Waals surface area contributed by atoms with Gasteiger partial charge in [-0.2, -0.15) is 5.10 Å². The molecule has 7 nitrogen and oxygen atoms in total. The number of benzene rings is 2. The van der Waals surface area contributed by atoms with Gasteiger partial charge in [-0.1, -0.05) is 49.4 Å². The lowest BCUT2D eigenvalue weighted by Crippen LogP contribution is -2.30. The smallest absolute Gasteiger partial charge is 0.251 e. The number of nitrogens with one attached hydrogen (secondary N) is 2. The van der Waals surface area contributed by atoms with Crippen LogP contribution in [0.1, 0.15) is 34.5 Å². The third-order valence-corrected chi connectivity index (χ3v) is 6.12. The summed E-state index contributed by atoms with van der Waals surface area (Å²) >= 11 is 1.60. The Morgan fingerprint density at radius 3 is 2.84 bits per heavy atom. The van der Waals surface area contributed by atoms with Gasteiger partial charge in [0.2, 0.25) is 0 Å². The molecule has 0 radical (unpaired) electrons. The molecule has 2 atom stereocenters. The van der Waals surface area contributed by atoms with Gasteiger partial charge in [-0.15, -0.1) is 11.8 Å². The van der Waals surface area contributed by atoms with Crippen LogP contribution in [0.5, 0.6) is 0 Å². The lowest BCUT2D eigenvalue weighted by atomic mass is 9.96. The van der Waals surface area contributed by atoms with Crippen molar-refractivity contribution in [3.05, 3.63) is 83.8 Å². The molecule has 0 aliphatic carbocycles. The van der Waals surface area contributed by atoms with Crippen LogP contribution < -0.4 is 5.32 Å². The molecule has 31 heavy (non-hydrogen) atoms. The highest BCUT2D eigenvalue weighted by molar-refractivity contribution is 7.98. The SMILES string of the molecule is CC(CNC(=O)c1ccccc1)C(O)c1cccc(CSc2ncnc3[nH]ncc23)c1. The molecular weight excluding hydrogens is 410 g/mol. The van der Waals surface area contributed by atoms with Crippen LogP contribution in [0, 0.1) is 5.92 Å². The van der Waals surface area contributed by atoms with E-state index in [-0.39, 0.29) is 11.8 Å². The Hall–Kier alpha value is -3.23. The summed E-state index contributed by atoms with van der Waals surface area (Å²) < 4.78 is 0. The second-order valence-electron chi connectivity index (χ2n) is 7.34. The van der Waals surface area contributed by atoms with Crippen molar-refractivity contribution in [2.75, 3.05) is 6.54 Å². The molecule has 0 bridgehead atoms. The maximum atomic E-state index is 12.2. The molecule has 3 N–H and O–H groups in total. The molecule has 2 heterocycles. The number of hydrogen-bond acceptors (Lipinski definition) is 6. The number of aromatic nitrogens is 4. The maximum Gasteiger partial charge on any atom is 0.251 e. The summed E-state index contributed by atoms with van der Waals surface area (Å²) in [6.07, 6.45) is 2.57. The van der Waals surface area contributed by atoms with Gasteiger partial charge in [-0.05, 0) is 23.3 Å². The Balaban J connectivity index is 1.36. The molecule has 2 unspecified atom stereocenters. The molecule has 0 aliphatic heterocycles. The van der Waals surface area contributed by atoms with E-state index in [4.69, 9.17) is 0 Å².